The standard InChI is InChI=1S/C12H20O4/c1-2-8-9(13)10-11(14-8)16-12(15-10)6-4-3-5-7-12/h8-11,13H,2-7H2,1H3/t8-,9+,10-,11-/m1/s1. The van der Waals surface area contributed by atoms with Gasteiger partial charge in [0, 0.05) is 12.8 Å². The Bertz CT molecular complexity index is 262. The van der Waals surface area contributed by atoms with Crippen LogP contribution < -0.4 is 0 Å². The van der Waals surface area contributed by atoms with Crippen LogP contribution in [0, 0.1) is 0 Å². The molecule has 1 N–H and O–H groups in total. The molecule has 3 rings (SSSR count). The summed E-state index contributed by atoms with van der Waals surface area (Å²) in [6, 6.07) is 0. The number of hydrogen-bond donors (Lipinski definition) is 1. The highest BCUT2D eigenvalue weighted by atomic mass is 16.8. The van der Waals surface area contributed by atoms with E-state index in [1.54, 1.807) is 0 Å². The van der Waals surface area contributed by atoms with Crippen molar-refractivity contribution in [2.75, 3.05) is 0 Å². The summed E-state index contributed by atoms with van der Waals surface area (Å²) in [4.78, 5) is 0. The van der Waals surface area contributed by atoms with Gasteiger partial charge < -0.3 is 19.3 Å². The molecule has 0 radical (unpaired) electrons. The summed E-state index contributed by atoms with van der Waals surface area (Å²) in [6.45, 7) is 2.01. The van der Waals surface area contributed by atoms with E-state index in [4.69, 9.17) is 14.2 Å². The molecule has 0 bridgehead atoms. The molecule has 1 aliphatic carbocycles. The van der Waals surface area contributed by atoms with Crippen molar-refractivity contribution < 1.29 is 19.3 Å². The van der Waals surface area contributed by atoms with Crippen LogP contribution in [0.15, 0.2) is 0 Å². The molecular formula is C12H20O4. The lowest BCUT2D eigenvalue weighted by Crippen LogP contribution is -2.38. The zero-order valence-electron chi connectivity index (χ0n) is 9.72. The molecule has 0 aromatic carbocycles. The Morgan fingerprint density at radius 3 is 2.56 bits per heavy atom. The molecule has 0 aromatic heterocycles. The molecule has 3 aliphatic rings. The van der Waals surface area contributed by atoms with Crippen molar-refractivity contribution in [3.05, 3.63) is 0 Å². The van der Waals surface area contributed by atoms with E-state index < -0.39 is 11.9 Å². The van der Waals surface area contributed by atoms with E-state index in [9.17, 15) is 5.11 Å². The summed E-state index contributed by atoms with van der Waals surface area (Å²) in [6.07, 6.45) is 4.94. The van der Waals surface area contributed by atoms with Gasteiger partial charge in [-0.15, -0.1) is 0 Å². The van der Waals surface area contributed by atoms with Gasteiger partial charge in [-0.2, -0.15) is 0 Å². The monoisotopic (exact) mass is 228 g/mol. The van der Waals surface area contributed by atoms with Gasteiger partial charge in [0.2, 0.25) is 0 Å². The zero-order valence-corrected chi connectivity index (χ0v) is 9.72. The van der Waals surface area contributed by atoms with Crippen LogP contribution in [0.25, 0.3) is 0 Å². The zero-order chi connectivity index (χ0) is 11.2. The summed E-state index contributed by atoms with van der Waals surface area (Å²) >= 11 is 0. The Kier molecular flexibility index (Phi) is 2.70. The number of fused-ring (bicyclic) bond motifs is 1. The average Bonchev–Trinajstić information content (AvgIpc) is 2.77. The van der Waals surface area contributed by atoms with Crippen molar-refractivity contribution in [3.63, 3.8) is 0 Å². The van der Waals surface area contributed by atoms with Gasteiger partial charge >= 0.3 is 0 Å². The maximum absolute atomic E-state index is 10.0. The topological polar surface area (TPSA) is 47.9 Å². The van der Waals surface area contributed by atoms with E-state index in [-0.39, 0.29) is 18.5 Å². The van der Waals surface area contributed by atoms with Crippen molar-refractivity contribution in [1.29, 1.82) is 0 Å². The molecular weight excluding hydrogens is 208 g/mol. The molecule has 1 spiro atoms. The van der Waals surface area contributed by atoms with Gasteiger partial charge in [-0.05, 0) is 19.3 Å². The van der Waals surface area contributed by atoms with Crippen LogP contribution in [0.4, 0.5) is 0 Å². The molecule has 0 aromatic rings. The van der Waals surface area contributed by atoms with Crippen molar-refractivity contribution in [1.82, 2.24) is 0 Å². The Morgan fingerprint density at radius 2 is 1.94 bits per heavy atom. The minimum Gasteiger partial charge on any atom is -0.387 e. The summed E-state index contributed by atoms with van der Waals surface area (Å²) in [5.41, 5.74) is 0. The van der Waals surface area contributed by atoms with Crippen molar-refractivity contribution in [2.45, 2.75) is 75.8 Å². The second-order valence-corrected chi connectivity index (χ2v) is 5.11. The number of rotatable bonds is 1. The number of aliphatic hydroxyl groups excluding tert-OH is 1. The van der Waals surface area contributed by atoms with Crippen LogP contribution in [0.5, 0.6) is 0 Å². The maximum atomic E-state index is 10.0. The Labute approximate surface area is 95.9 Å². The van der Waals surface area contributed by atoms with Crippen LogP contribution in [-0.2, 0) is 14.2 Å². The van der Waals surface area contributed by atoms with E-state index in [1.165, 1.54) is 6.42 Å². The molecule has 92 valence electrons. The van der Waals surface area contributed by atoms with Gasteiger partial charge in [0.1, 0.15) is 12.2 Å². The largest absolute Gasteiger partial charge is 0.387 e. The van der Waals surface area contributed by atoms with Crippen LogP contribution in [-0.4, -0.2) is 35.5 Å². The molecule has 2 aliphatic heterocycles. The van der Waals surface area contributed by atoms with Crippen LogP contribution >= 0.6 is 0 Å². The molecule has 4 nitrogen and oxygen atoms in total. The average molecular weight is 228 g/mol. The molecule has 4 atom stereocenters. The Balaban J connectivity index is 1.71. The summed E-state index contributed by atoms with van der Waals surface area (Å²) in [5.74, 6) is -0.451. The SMILES string of the molecule is CC[C@H]1O[C@@H]2OC3(CCCCC3)O[C@@H]2[C@H]1O. The molecule has 2 heterocycles. The van der Waals surface area contributed by atoms with E-state index in [0.717, 1.165) is 32.1 Å². The fourth-order valence-electron chi connectivity index (χ4n) is 3.07. The number of aliphatic hydroxyl groups is 1. The van der Waals surface area contributed by atoms with Crippen LogP contribution in [0.3, 0.4) is 0 Å². The fraction of sp³-hybridized carbons (Fsp3) is 1.00. The highest BCUT2D eigenvalue weighted by Crippen LogP contribution is 2.45. The van der Waals surface area contributed by atoms with Crippen molar-refractivity contribution in [2.24, 2.45) is 0 Å². The quantitative estimate of drug-likeness (QED) is 0.740. The summed E-state index contributed by atoms with van der Waals surface area (Å²) < 4.78 is 17.5. The smallest absolute Gasteiger partial charge is 0.190 e. The van der Waals surface area contributed by atoms with Crippen LogP contribution in [0.2, 0.25) is 0 Å². The second kappa shape index (κ2) is 3.95. The van der Waals surface area contributed by atoms with Crippen molar-refractivity contribution >= 4 is 0 Å². The maximum Gasteiger partial charge on any atom is 0.190 e. The molecule has 2 saturated heterocycles. The van der Waals surface area contributed by atoms with E-state index in [1.807, 2.05) is 6.92 Å². The molecule has 1 saturated carbocycles. The van der Waals surface area contributed by atoms with Crippen LogP contribution in [0.1, 0.15) is 45.4 Å². The highest BCUT2D eigenvalue weighted by molar-refractivity contribution is 4.95. The van der Waals surface area contributed by atoms with Gasteiger partial charge in [0.25, 0.3) is 0 Å². The minimum atomic E-state index is -0.531. The first-order valence-corrected chi connectivity index (χ1v) is 6.43. The Morgan fingerprint density at radius 1 is 1.19 bits per heavy atom. The number of ether oxygens (including phenoxy) is 3. The lowest BCUT2D eigenvalue weighted by Gasteiger charge is -2.33. The lowest BCUT2D eigenvalue weighted by atomic mass is 9.94. The van der Waals surface area contributed by atoms with Gasteiger partial charge in [-0.1, -0.05) is 13.3 Å². The highest BCUT2D eigenvalue weighted by Gasteiger charge is 2.56. The minimum absolute atomic E-state index is 0.129. The first kappa shape index (κ1) is 11.0. The van der Waals surface area contributed by atoms with Crippen molar-refractivity contribution in [3.8, 4) is 0 Å². The molecule has 0 amide bonds. The normalized spacial score (nSPS) is 46.1. The van der Waals surface area contributed by atoms with E-state index in [2.05, 4.69) is 0 Å². The van der Waals surface area contributed by atoms with Gasteiger partial charge in [-0.25, -0.2) is 0 Å². The predicted octanol–water partition coefficient (Wildman–Crippen LogP) is 1.56. The molecule has 0 unspecified atom stereocenters. The van der Waals surface area contributed by atoms with Gasteiger partial charge in [-0.3, -0.25) is 0 Å². The molecule has 16 heavy (non-hydrogen) atoms. The Hall–Kier alpha value is -0.160. The third-order valence-corrected chi connectivity index (χ3v) is 3.99. The van der Waals surface area contributed by atoms with E-state index >= 15 is 0 Å². The first-order valence-electron chi connectivity index (χ1n) is 6.43. The van der Waals surface area contributed by atoms with Gasteiger partial charge in [0.15, 0.2) is 12.1 Å². The first-order chi connectivity index (χ1) is 7.74. The summed E-state index contributed by atoms with van der Waals surface area (Å²) in [7, 11) is 0. The molecule has 4 heteroatoms. The molecule has 3 fully saturated rings. The third-order valence-electron chi connectivity index (χ3n) is 3.99. The lowest BCUT2D eigenvalue weighted by molar-refractivity contribution is -0.245. The second-order valence-electron chi connectivity index (χ2n) is 5.11. The number of hydrogen-bond acceptors (Lipinski definition) is 4. The van der Waals surface area contributed by atoms with E-state index in [0.29, 0.717) is 0 Å². The third kappa shape index (κ3) is 1.59. The predicted molar refractivity (Wildman–Crippen MR) is 56.7 cm³/mol. The summed E-state index contributed by atoms with van der Waals surface area (Å²) in [5, 5.41) is 10.0. The van der Waals surface area contributed by atoms with Gasteiger partial charge in [0.05, 0.1) is 6.10 Å². The fourth-order valence-corrected chi connectivity index (χ4v) is 3.07.